The van der Waals surface area contributed by atoms with Crippen molar-refractivity contribution >= 4 is 22.9 Å². The summed E-state index contributed by atoms with van der Waals surface area (Å²) < 4.78 is 17.4. The number of rotatable bonds is 7. The molecule has 0 radical (unpaired) electrons. The quantitative estimate of drug-likeness (QED) is 0.397. The van der Waals surface area contributed by atoms with E-state index in [1.807, 2.05) is 79.7 Å². The minimum atomic E-state index is -0.445. The maximum absolute atomic E-state index is 13.6. The number of hydrogen-bond acceptors (Lipinski definition) is 5. The number of methoxy groups -OCH3 is 1. The van der Waals surface area contributed by atoms with Gasteiger partial charge in [0.05, 0.1) is 18.5 Å². The molecule has 5 rings (SSSR count). The van der Waals surface area contributed by atoms with Crippen LogP contribution in [0, 0.1) is 0 Å². The fourth-order valence-electron chi connectivity index (χ4n) is 4.73. The third kappa shape index (κ3) is 4.77. The molecular formula is C29H28N2O5. The number of para-hydroxylation sites is 1. The average molecular weight is 485 g/mol. The second-order valence-corrected chi connectivity index (χ2v) is 8.98. The van der Waals surface area contributed by atoms with Gasteiger partial charge in [-0.05, 0) is 54.7 Å². The molecule has 1 unspecified atom stereocenters. The summed E-state index contributed by atoms with van der Waals surface area (Å²) in [6.45, 7) is 2.16. The third-order valence-electron chi connectivity index (χ3n) is 6.48. The number of amides is 1. The van der Waals surface area contributed by atoms with Gasteiger partial charge < -0.3 is 19.5 Å². The van der Waals surface area contributed by atoms with E-state index < -0.39 is 12.0 Å². The minimum Gasteiger partial charge on any atom is -0.454 e. The molecule has 0 aliphatic carbocycles. The van der Waals surface area contributed by atoms with Crippen molar-refractivity contribution in [1.29, 1.82) is 0 Å². The van der Waals surface area contributed by atoms with E-state index in [1.54, 1.807) is 6.20 Å². The highest BCUT2D eigenvalue weighted by molar-refractivity contribution is 5.92. The maximum Gasteiger partial charge on any atom is 0.418 e. The van der Waals surface area contributed by atoms with Gasteiger partial charge in [0.2, 0.25) is 12.7 Å². The van der Waals surface area contributed by atoms with Gasteiger partial charge in [-0.1, -0.05) is 54.6 Å². The van der Waals surface area contributed by atoms with E-state index in [0.717, 1.165) is 27.6 Å². The summed E-state index contributed by atoms with van der Waals surface area (Å²) in [7, 11) is 1.36. The van der Waals surface area contributed by atoms with Crippen molar-refractivity contribution < 1.29 is 23.8 Å². The van der Waals surface area contributed by atoms with Gasteiger partial charge in [0, 0.05) is 17.6 Å². The molecule has 0 bridgehead atoms. The van der Waals surface area contributed by atoms with Gasteiger partial charge in [-0.2, -0.15) is 0 Å². The lowest BCUT2D eigenvalue weighted by molar-refractivity contribution is -0.123. The van der Waals surface area contributed by atoms with Crippen molar-refractivity contribution in [3.8, 4) is 11.5 Å². The highest BCUT2D eigenvalue weighted by atomic mass is 16.7. The van der Waals surface area contributed by atoms with Gasteiger partial charge in [-0.15, -0.1) is 0 Å². The zero-order chi connectivity index (χ0) is 25.1. The number of ether oxygens (including phenoxy) is 3. The number of carbonyl (C=O) groups is 2. The summed E-state index contributed by atoms with van der Waals surface area (Å²) >= 11 is 0. The van der Waals surface area contributed by atoms with Crippen molar-refractivity contribution in [3.63, 3.8) is 0 Å². The first kappa shape index (κ1) is 23.5. The van der Waals surface area contributed by atoms with Crippen molar-refractivity contribution in [3.05, 3.63) is 95.7 Å². The normalized spacial score (nSPS) is 13.8. The Morgan fingerprint density at radius 3 is 2.53 bits per heavy atom. The number of nitrogens with zero attached hydrogens (tertiary/aromatic N) is 1. The highest BCUT2D eigenvalue weighted by Gasteiger charge is 2.26. The van der Waals surface area contributed by atoms with Gasteiger partial charge in [0.25, 0.3) is 0 Å². The number of fused-ring (bicyclic) bond motifs is 2. The van der Waals surface area contributed by atoms with E-state index in [4.69, 9.17) is 14.2 Å². The van der Waals surface area contributed by atoms with E-state index in [2.05, 4.69) is 5.32 Å². The van der Waals surface area contributed by atoms with Crippen LogP contribution in [0.25, 0.3) is 10.9 Å². The van der Waals surface area contributed by atoms with Crippen molar-refractivity contribution in [2.24, 2.45) is 0 Å². The zero-order valence-corrected chi connectivity index (χ0v) is 20.3. The molecule has 1 aliphatic rings. The van der Waals surface area contributed by atoms with Crippen LogP contribution in [0.2, 0.25) is 0 Å². The number of carbonyl (C=O) groups excluding carboxylic acids is 2. The monoisotopic (exact) mass is 484 g/mol. The summed E-state index contributed by atoms with van der Waals surface area (Å²) in [6.07, 6.45) is 2.47. The molecule has 0 spiro atoms. The maximum atomic E-state index is 13.6. The lowest BCUT2D eigenvalue weighted by Gasteiger charge is -2.21. The smallest absolute Gasteiger partial charge is 0.418 e. The molecule has 1 aromatic heterocycles. The highest BCUT2D eigenvalue weighted by Crippen LogP contribution is 2.35. The van der Waals surface area contributed by atoms with Gasteiger partial charge in [0.15, 0.2) is 11.5 Å². The standard InChI is InChI=1S/C29H28N2O5/c1-19(14-22-17-31(29(33)34-2)25-11-7-6-10-23(22)25)30-28(32)24(15-20-8-4-3-5-9-20)21-12-13-26-27(16-21)36-18-35-26/h3-13,16-17,19,24H,14-15,18H2,1-2H3,(H,30,32)/t19-,24?/m1/s1. The Kier molecular flexibility index (Phi) is 6.62. The van der Waals surface area contributed by atoms with Gasteiger partial charge in [-0.3, -0.25) is 9.36 Å². The number of aromatic nitrogens is 1. The van der Waals surface area contributed by atoms with Crippen LogP contribution in [-0.2, 0) is 22.4 Å². The molecule has 1 amide bonds. The fourth-order valence-corrected chi connectivity index (χ4v) is 4.73. The Morgan fingerprint density at radius 2 is 1.72 bits per heavy atom. The molecule has 4 aromatic rings. The molecule has 2 heterocycles. The summed E-state index contributed by atoms with van der Waals surface area (Å²) in [5, 5.41) is 4.15. The topological polar surface area (TPSA) is 78.8 Å². The summed E-state index contributed by atoms with van der Waals surface area (Å²) in [6, 6.07) is 23.2. The summed E-state index contributed by atoms with van der Waals surface area (Å²) in [5.74, 6) is 0.873. The fraction of sp³-hybridized carbons (Fsp3) is 0.241. The first-order valence-electron chi connectivity index (χ1n) is 11.9. The second kappa shape index (κ2) is 10.2. The van der Waals surface area contributed by atoms with Crippen LogP contribution < -0.4 is 14.8 Å². The van der Waals surface area contributed by atoms with Crippen molar-refractivity contribution in [2.75, 3.05) is 13.9 Å². The van der Waals surface area contributed by atoms with E-state index in [-0.39, 0.29) is 18.7 Å². The Balaban J connectivity index is 1.38. The van der Waals surface area contributed by atoms with Crippen LogP contribution >= 0.6 is 0 Å². The van der Waals surface area contributed by atoms with Crippen LogP contribution in [0.4, 0.5) is 4.79 Å². The van der Waals surface area contributed by atoms with Crippen molar-refractivity contribution in [1.82, 2.24) is 9.88 Å². The molecule has 0 saturated carbocycles. The summed E-state index contributed by atoms with van der Waals surface area (Å²) in [5.41, 5.74) is 3.69. The molecule has 1 aliphatic heterocycles. The van der Waals surface area contributed by atoms with Gasteiger partial charge in [-0.25, -0.2) is 4.79 Å². The molecule has 1 N–H and O–H groups in total. The molecule has 0 saturated heterocycles. The molecular weight excluding hydrogens is 456 g/mol. The van der Waals surface area contributed by atoms with Crippen LogP contribution in [-0.4, -0.2) is 36.5 Å². The minimum absolute atomic E-state index is 0.0677. The first-order valence-corrected chi connectivity index (χ1v) is 11.9. The molecule has 0 fully saturated rings. The first-order chi connectivity index (χ1) is 17.5. The Hall–Kier alpha value is -4.26. The Labute approximate surface area is 209 Å². The molecule has 184 valence electrons. The SMILES string of the molecule is COC(=O)n1cc(C[C@@H](C)NC(=O)C(Cc2ccccc2)c2ccc3c(c2)OCO3)c2ccccc21. The van der Waals surface area contributed by atoms with Gasteiger partial charge in [0.1, 0.15) is 0 Å². The van der Waals surface area contributed by atoms with Gasteiger partial charge >= 0.3 is 6.09 Å². The van der Waals surface area contributed by atoms with Crippen LogP contribution in [0.3, 0.4) is 0 Å². The lowest BCUT2D eigenvalue weighted by atomic mass is 9.90. The number of hydrogen-bond donors (Lipinski definition) is 1. The van der Waals surface area contributed by atoms with Crippen LogP contribution in [0.15, 0.2) is 79.0 Å². The van der Waals surface area contributed by atoms with E-state index in [1.165, 1.54) is 11.7 Å². The molecule has 7 heteroatoms. The van der Waals surface area contributed by atoms with Crippen LogP contribution in [0.5, 0.6) is 11.5 Å². The second-order valence-electron chi connectivity index (χ2n) is 8.98. The summed E-state index contributed by atoms with van der Waals surface area (Å²) in [4.78, 5) is 25.9. The Morgan fingerprint density at radius 1 is 0.972 bits per heavy atom. The number of benzene rings is 3. The van der Waals surface area contributed by atoms with E-state index >= 15 is 0 Å². The molecule has 2 atom stereocenters. The third-order valence-corrected chi connectivity index (χ3v) is 6.48. The predicted molar refractivity (Wildman–Crippen MR) is 137 cm³/mol. The molecule has 3 aromatic carbocycles. The van der Waals surface area contributed by atoms with E-state index in [9.17, 15) is 9.59 Å². The van der Waals surface area contributed by atoms with Crippen LogP contribution in [0.1, 0.15) is 29.5 Å². The largest absolute Gasteiger partial charge is 0.454 e. The van der Waals surface area contributed by atoms with E-state index in [0.29, 0.717) is 24.3 Å². The van der Waals surface area contributed by atoms with Crippen molar-refractivity contribution in [2.45, 2.75) is 31.7 Å². The number of nitrogens with one attached hydrogen (secondary N) is 1. The molecule has 36 heavy (non-hydrogen) atoms. The average Bonchev–Trinajstić information content (AvgIpc) is 3.52. The molecule has 7 nitrogen and oxygen atoms in total. The zero-order valence-electron chi connectivity index (χ0n) is 20.3. The predicted octanol–water partition coefficient (Wildman–Crippen LogP) is 5.06. The lowest BCUT2D eigenvalue weighted by Crippen LogP contribution is -2.38. The Bertz CT molecular complexity index is 1400.